The van der Waals surface area contributed by atoms with Crippen LogP contribution in [0, 0.1) is 0 Å². The summed E-state index contributed by atoms with van der Waals surface area (Å²) in [4.78, 5) is 21.4. The minimum absolute atomic E-state index is 0.00448. The van der Waals surface area contributed by atoms with Gasteiger partial charge in [-0.25, -0.2) is 0 Å². The van der Waals surface area contributed by atoms with Crippen LogP contribution in [0.5, 0.6) is 11.5 Å². The van der Waals surface area contributed by atoms with Crippen LogP contribution in [0.15, 0.2) is 47.5 Å². The van der Waals surface area contributed by atoms with E-state index in [2.05, 4.69) is 57.1 Å². The average molecular weight is 628 g/mol. The standard InChI is InChI=1S/C32H42ClN3O4SSi/c1-30(2,3)42(5,6)40-22-13-16-36(18-22)27(23-9-7-8-10-24(23)33)31(4)19-41-29(35-31)34-28(37)32(14-15-32)21-11-12-25-26(17-21)39-20-38-25/h7-12,17,22,27H,13-16,18-20H2,1-6H3,(H,34,35,37)/t22-,27?,31+/m0/s1. The second kappa shape index (κ2) is 10.8. The molecule has 1 unspecified atom stereocenters. The molecular formula is C32H42ClN3O4SSi. The van der Waals surface area contributed by atoms with Gasteiger partial charge >= 0.3 is 0 Å². The van der Waals surface area contributed by atoms with E-state index in [1.807, 2.05) is 36.4 Å². The van der Waals surface area contributed by atoms with Gasteiger partial charge in [0.1, 0.15) is 0 Å². The largest absolute Gasteiger partial charge is 0.454 e. The highest BCUT2D eigenvalue weighted by Crippen LogP contribution is 2.51. The summed E-state index contributed by atoms with van der Waals surface area (Å²) >= 11 is 8.46. The normalized spacial score (nSPS) is 25.8. The third-order valence-electron chi connectivity index (χ3n) is 9.79. The highest BCUT2D eigenvalue weighted by Gasteiger charge is 2.53. The van der Waals surface area contributed by atoms with Gasteiger partial charge in [-0.1, -0.05) is 68.4 Å². The van der Waals surface area contributed by atoms with Crippen molar-refractivity contribution in [2.75, 3.05) is 25.6 Å². The summed E-state index contributed by atoms with van der Waals surface area (Å²) in [6.45, 7) is 15.7. The fraction of sp³-hybridized carbons (Fsp3) is 0.562. The minimum Gasteiger partial charge on any atom is -0.454 e. The van der Waals surface area contributed by atoms with Crippen LogP contribution in [-0.2, 0) is 14.6 Å². The number of nitrogens with one attached hydrogen (secondary N) is 1. The Morgan fingerprint density at radius 3 is 2.64 bits per heavy atom. The second-order valence-corrected chi connectivity index (χ2v) is 20.0. The summed E-state index contributed by atoms with van der Waals surface area (Å²) in [6.07, 6.45) is 2.79. The number of carbonyl (C=O) groups excluding carboxylic acids is 1. The first kappa shape index (κ1) is 30.0. The van der Waals surface area contributed by atoms with Crippen LogP contribution >= 0.6 is 23.4 Å². The number of likely N-dealkylation sites (tertiary alicyclic amines) is 1. The quantitative estimate of drug-likeness (QED) is 0.336. The maximum atomic E-state index is 13.7. The summed E-state index contributed by atoms with van der Waals surface area (Å²) in [5.41, 5.74) is 1.02. The number of ether oxygens (including phenoxy) is 2. The molecule has 10 heteroatoms. The molecule has 7 nitrogen and oxygen atoms in total. The molecule has 0 aromatic heterocycles. The molecule has 0 radical (unpaired) electrons. The summed E-state index contributed by atoms with van der Waals surface area (Å²) in [5.74, 6) is 2.18. The minimum atomic E-state index is -1.90. The summed E-state index contributed by atoms with van der Waals surface area (Å²) in [7, 11) is -1.90. The van der Waals surface area contributed by atoms with Crippen molar-refractivity contribution in [1.82, 2.24) is 10.2 Å². The van der Waals surface area contributed by atoms with Crippen LogP contribution in [0.3, 0.4) is 0 Å². The third-order valence-corrected chi connectivity index (χ3v) is 15.9. The lowest BCUT2D eigenvalue weighted by Crippen LogP contribution is -2.46. The molecule has 42 heavy (non-hydrogen) atoms. The molecule has 2 aromatic rings. The van der Waals surface area contributed by atoms with E-state index in [4.69, 9.17) is 30.5 Å². The van der Waals surface area contributed by atoms with E-state index >= 15 is 0 Å². The molecule has 2 aromatic carbocycles. The van der Waals surface area contributed by atoms with Crippen LogP contribution in [0.25, 0.3) is 0 Å². The number of amides is 1. The van der Waals surface area contributed by atoms with Crippen molar-refractivity contribution >= 4 is 42.8 Å². The third kappa shape index (κ3) is 5.51. The molecule has 0 spiro atoms. The van der Waals surface area contributed by atoms with E-state index < -0.39 is 19.3 Å². The van der Waals surface area contributed by atoms with Crippen molar-refractivity contribution in [3.63, 3.8) is 0 Å². The Labute approximate surface area is 259 Å². The number of benzene rings is 2. The van der Waals surface area contributed by atoms with Crippen LogP contribution in [-0.4, -0.2) is 61.6 Å². The molecule has 1 saturated carbocycles. The number of hydrogen-bond acceptors (Lipinski definition) is 7. The maximum absolute atomic E-state index is 13.7. The number of hydrogen-bond donors (Lipinski definition) is 1. The Morgan fingerprint density at radius 2 is 1.93 bits per heavy atom. The summed E-state index contributed by atoms with van der Waals surface area (Å²) in [5, 5.41) is 4.79. The predicted molar refractivity (Wildman–Crippen MR) is 172 cm³/mol. The number of nitrogens with zero attached hydrogens (tertiary/aromatic N) is 2. The molecule has 4 aliphatic rings. The second-order valence-electron chi connectivity index (χ2n) is 13.9. The Hall–Kier alpha value is -2.04. The van der Waals surface area contributed by atoms with Gasteiger partial charge in [-0.05, 0) is 73.6 Å². The van der Waals surface area contributed by atoms with Crippen LogP contribution < -0.4 is 14.8 Å². The molecule has 1 amide bonds. The Morgan fingerprint density at radius 1 is 1.19 bits per heavy atom. The lowest BCUT2D eigenvalue weighted by atomic mass is 9.87. The zero-order chi connectivity index (χ0) is 29.9. The topological polar surface area (TPSA) is 72.4 Å². The maximum Gasteiger partial charge on any atom is 0.236 e. The summed E-state index contributed by atoms with van der Waals surface area (Å²) < 4.78 is 17.9. The van der Waals surface area contributed by atoms with Gasteiger partial charge in [0.15, 0.2) is 25.0 Å². The van der Waals surface area contributed by atoms with Crippen molar-refractivity contribution < 1.29 is 18.7 Å². The molecule has 6 rings (SSSR count). The van der Waals surface area contributed by atoms with Gasteiger partial charge in [-0.3, -0.25) is 14.7 Å². The number of amidine groups is 1. The molecule has 3 atom stereocenters. The van der Waals surface area contributed by atoms with Crippen molar-refractivity contribution in [1.29, 1.82) is 0 Å². The average Bonchev–Trinajstić information content (AvgIpc) is 3.20. The van der Waals surface area contributed by atoms with Crippen molar-refractivity contribution in [2.24, 2.45) is 4.99 Å². The molecule has 3 heterocycles. The number of aliphatic imine (C=N–C) groups is 1. The summed E-state index contributed by atoms with van der Waals surface area (Å²) in [6, 6.07) is 13.9. The van der Waals surface area contributed by atoms with E-state index in [-0.39, 0.29) is 29.9 Å². The smallest absolute Gasteiger partial charge is 0.236 e. The van der Waals surface area contributed by atoms with Crippen LogP contribution in [0.1, 0.15) is 64.1 Å². The van der Waals surface area contributed by atoms with Crippen molar-refractivity contribution in [3.8, 4) is 11.5 Å². The zero-order valence-corrected chi connectivity index (χ0v) is 28.0. The molecule has 2 fully saturated rings. The van der Waals surface area contributed by atoms with E-state index in [1.165, 1.54) is 0 Å². The molecule has 1 N–H and O–H groups in total. The highest BCUT2D eigenvalue weighted by atomic mass is 35.5. The Kier molecular flexibility index (Phi) is 7.74. The monoisotopic (exact) mass is 627 g/mol. The van der Waals surface area contributed by atoms with E-state index in [0.717, 1.165) is 60.0 Å². The van der Waals surface area contributed by atoms with Crippen molar-refractivity contribution in [3.05, 3.63) is 58.6 Å². The van der Waals surface area contributed by atoms with Gasteiger partial charge in [0.25, 0.3) is 0 Å². The Balaban J connectivity index is 1.22. The predicted octanol–water partition coefficient (Wildman–Crippen LogP) is 6.92. The SMILES string of the molecule is CC(C)(C)[Si](C)(C)O[C@H]1CCN(C(c2ccccc2Cl)[C@@]2(C)CSC(NC(=O)C3(c4ccc5c(c4)OCO5)CC3)=N2)C1. The zero-order valence-electron chi connectivity index (χ0n) is 25.5. The highest BCUT2D eigenvalue weighted by molar-refractivity contribution is 8.14. The van der Waals surface area contributed by atoms with Gasteiger partial charge in [0.2, 0.25) is 12.7 Å². The van der Waals surface area contributed by atoms with Crippen molar-refractivity contribution in [2.45, 2.75) is 88.2 Å². The molecule has 3 aliphatic heterocycles. The Bertz CT molecular complexity index is 1410. The number of carbonyl (C=O) groups is 1. The number of thioether (sulfide) groups is 1. The van der Waals surface area contributed by atoms with Gasteiger partial charge < -0.3 is 19.2 Å². The first-order valence-corrected chi connectivity index (χ1v) is 19.2. The molecular weight excluding hydrogens is 586 g/mol. The van der Waals surface area contributed by atoms with Crippen LogP contribution in [0.4, 0.5) is 0 Å². The molecule has 226 valence electrons. The first-order chi connectivity index (χ1) is 19.8. The van der Waals surface area contributed by atoms with E-state index in [0.29, 0.717) is 10.9 Å². The number of fused-ring (bicyclic) bond motifs is 1. The van der Waals surface area contributed by atoms with Gasteiger partial charge in [-0.15, -0.1) is 0 Å². The molecule has 1 saturated heterocycles. The molecule has 1 aliphatic carbocycles. The fourth-order valence-electron chi connectivity index (χ4n) is 6.20. The van der Waals surface area contributed by atoms with Gasteiger partial charge in [0.05, 0.1) is 23.1 Å². The lowest BCUT2D eigenvalue weighted by Gasteiger charge is -2.40. The van der Waals surface area contributed by atoms with Gasteiger partial charge in [0, 0.05) is 23.9 Å². The van der Waals surface area contributed by atoms with Gasteiger partial charge in [-0.2, -0.15) is 0 Å². The first-order valence-electron chi connectivity index (χ1n) is 14.9. The van der Waals surface area contributed by atoms with Crippen LogP contribution in [0.2, 0.25) is 23.2 Å². The fourth-order valence-corrected chi connectivity index (χ4v) is 8.91. The van der Waals surface area contributed by atoms with E-state index in [9.17, 15) is 4.79 Å². The molecule has 0 bridgehead atoms. The lowest BCUT2D eigenvalue weighted by molar-refractivity contribution is -0.122. The van der Waals surface area contributed by atoms with E-state index in [1.54, 1.807) is 11.8 Å². The number of rotatable bonds is 7. The number of halogens is 1.